The molecular formula is C12H15NO. The molecule has 1 amide bonds. The summed E-state index contributed by atoms with van der Waals surface area (Å²) in [6.07, 6.45) is 3.40. The fourth-order valence-corrected chi connectivity index (χ4v) is 0.994. The van der Waals surface area contributed by atoms with Crippen molar-refractivity contribution in [3.63, 3.8) is 0 Å². The molecule has 0 spiro atoms. The van der Waals surface area contributed by atoms with E-state index in [1.807, 2.05) is 37.3 Å². The number of likely N-dealkylation sites (N-methyl/N-ethyl adjacent to an activating group) is 1. The maximum absolute atomic E-state index is 11.2. The lowest BCUT2D eigenvalue weighted by molar-refractivity contribution is -0.123. The molecule has 2 heteroatoms. The van der Waals surface area contributed by atoms with Crippen LogP contribution in [0.2, 0.25) is 0 Å². The van der Waals surface area contributed by atoms with Crippen LogP contribution in [0.15, 0.2) is 30.3 Å². The average Bonchev–Trinajstić information content (AvgIpc) is 2.16. The van der Waals surface area contributed by atoms with Crippen LogP contribution >= 0.6 is 0 Å². The Kier molecular flexibility index (Phi) is 3.46. The highest BCUT2D eigenvalue weighted by atomic mass is 16.2. The molecule has 0 radical (unpaired) electrons. The molecule has 0 aliphatic rings. The van der Waals surface area contributed by atoms with Crippen molar-refractivity contribution in [1.29, 1.82) is 0 Å². The molecule has 0 aromatic heterocycles. The molecule has 0 unspecified atom stereocenters. The second-order valence-electron chi connectivity index (χ2n) is 3.48. The highest BCUT2D eigenvalue weighted by Gasteiger charge is 1.96. The van der Waals surface area contributed by atoms with Crippen molar-refractivity contribution in [3.05, 3.63) is 41.5 Å². The zero-order valence-electron chi connectivity index (χ0n) is 8.82. The Morgan fingerprint density at radius 3 is 2.29 bits per heavy atom. The summed E-state index contributed by atoms with van der Waals surface area (Å²) in [5.41, 5.74) is 2.27. The van der Waals surface area contributed by atoms with Crippen LogP contribution < -0.4 is 0 Å². The summed E-state index contributed by atoms with van der Waals surface area (Å²) in [6, 6.07) is 8.04. The number of hydrogen-bond acceptors (Lipinski definition) is 1. The Balaban J connectivity index is 2.69. The van der Waals surface area contributed by atoms with Gasteiger partial charge in [0.1, 0.15) is 0 Å². The van der Waals surface area contributed by atoms with Crippen molar-refractivity contribution in [3.8, 4) is 0 Å². The van der Waals surface area contributed by atoms with Crippen LogP contribution in [0, 0.1) is 6.92 Å². The van der Waals surface area contributed by atoms with Gasteiger partial charge in [-0.05, 0) is 18.6 Å². The SMILES string of the molecule is Cc1ccc(C=CC(=O)N(C)C)cc1. The van der Waals surface area contributed by atoms with Gasteiger partial charge in [-0.3, -0.25) is 4.79 Å². The number of aryl methyl sites for hydroxylation is 1. The monoisotopic (exact) mass is 189 g/mol. The minimum Gasteiger partial charge on any atom is -0.345 e. The highest BCUT2D eigenvalue weighted by molar-refractivity contribution is 5.91. The fourth-order valence-electron chi connectivity index (χ4n) is 0.994. The molecule has 0 heterocycles. The number of carbonyl (C=O) groups excluding carboxylic acids is 1. The molecule has 0 saturated heterocycles. The standard InChI is InChI=1S/C12H15NO/c1-10-4-6-11(7-5-10)8-9-12(14)13(2)3/h4-9H,1-3H3. The Hall–Kier alpha value is -1.57. The predicted molar refractivity (Wildman–Crippen MR) is 58.9 cm³/mol. The first-order valence-electron chi connectivity index (χ1n) is 4.55. The maximum atomic E-state index is 11.2. The summed E-state index contributed by atoms with van der Waals surface area (Å²) >= 11 is 0. The van der Waals surface area contributed by atoms with Crippen LogP contribution in [0.4, 0.5) is 0 Å². The molecule has 2 nitrogen and oxygen atoms in total. The largest absolute Gasteiger partial charge is 0.345 e. The molecule has 0 saturated carbocycles. The zero-order valence-corrected chi connectivity index (χ0v) is 8.82. The van der Waals surface area contributed by atoms with Gasteiger partial charge in [0.15, 0.2) is 0 Å². The quantitative estimate of drug-likeness (QED) is 0.652. The highest BCUT2D eigenvalue weighted by Crippen LogP contribution is 2.04. The third kappa shape index (κ3) is 3.05. The molecule has 0 N–H and O–H groups in total. The number of hydrogen-bond donors (Lipinski definition) is 0. The number of carbonyl (C=O) groups is 1. The molecule has 0 atom stereocenters. The van der Waals surface area contributed by atoms with Gasteiger partial charge in [0.25, 0.3) is 0 Å². The summed E-state index contributed by atoms with van der Waals surface area (Å²) in [4.78, 5) is 12.8. The van der Waals surface area contributed by atoms with Crippen LogP contribution in [0.3, 0.4) is 0 Å². The minimum atomic E-state index is 0.00516. The fraction of sp³-hybridized carbons (Fsp3) is 0.250. The van der Waals surface area contributed by atoms with Crippen LogP contribution in [0.5, 0.6) is 0 Å². The van der Waals surface area contributed by atoms with Crippen molar-refractivity contribution >= 4 is 12.0 Å². The van der Waals surface area contributed by atoms with E-state index in [9.17, 15) is 4.79 Å². The Morgan fingerprint density at radius 1 is 1.21 bits per heavy atom. The van der Waals surface area contributed by atoms with Gasteiger partial charge in [0.05, 0.1) is 0 Å². The molecule has 74 valence electrons. The Labute approximate surface area is 84.9 Å². The number of benzene rings is 1. The van der Waals surface area contributed by atoms with Gasteiger partial charge < -0.3 is 4.90 Å². The van der Waals surface area contributed by atoms with E-state index in [1.54, 1.807) is 25.1 Å². The second-order valence-corrected chi connectivity index (χ2v) is 3.48. The van der Waals surface area contributed by atoms with E-state index >= 15 is 0 Å². The molecule has 0 fully saturated rings. The summed E-state index contributed by atoms with van der Waals surface area (Å²) < 4.78 is 0. The maximum Gasteiger partial charge on any atom is 0.246 e. The molecule has 0 bridgehead atoms. The number of amides is 1. The van der Waals surface area contributed by atoms with Gasteiger partial charge >= 0.3 is 0 Å². The van der Waals surface area contributed by atoms with Crippen molar-refractivity contribution in [2.75, 3.05) is 14.1 Å². The Morgan fingerprint density at radius 2 is 1.79 bits per heavy atom. The van der Waals surface area contributed by atoms with E-state index < -0.39 is 0 Å². The molecule has 1 aromatic carbocycles. The lowest BCUT2D eigenvalue weighted by Gasteiger charge is -2.04. The van der Waals surface area contributed by atoms with Gasteiger partial charge in [-0.1, -0.05) is 29.8 Å². The van der Waals surface area contributed by atoms with Crippen molar-refractivity contribution in [2.24, 2.45) is 0 Å². The predicted octanol–water partition coefficient (Wildman–Crippen LogP) is 2.10. The van der Waals surface area contributed by atoms with Gasteiger partial charge in [0.2, 0.25) is 5.91 Å². The summed E-state index contributed by atoms with van der Waals surface area (Å²) in [5, 5.41) is 0. The molecular weight excluding hydrogens is 174 g/mol. The van der Waals surface area contributed by atoms with Crippen LogP contribution in [-0.2, 0) is 4.79 Å². The van der Waals surface area contributed by atoms with Crippen LogP contribution in [-0.4, -0.2) is 24.9 Å². The third-order valence-corrected chi connectivity index (χ3v) is 1.94. The molecule has 1 rings (SSSR count). The lowest BCUT2D eigenvalue weighted by atomic mass is 10.1. The average molecular weight is 189 g/mol. The molecule has 1 aromatic rings. The smallest absolute Gasteiger partial charge is 0.246 e. The number of rotatable bonds is 2. The molecule has 14 heavy (non-hydrogen) atoms. The first-order valence-corrected chi connectivity index (χ1v) is 4.55. The van der Waals surface area contributed by atoms with Gasteiger partial charge in [0, 0.05) is 20.2 Å². The van der Waals surface area contributed by atoms with E-state index in [-0.39, 0.29) is 5.91 Å². The van der Waals surface area contributed by atoms with Gasteiger partial charge in [-0.15, -0.1) is 0 Å². The first-order chi connectivity index (χ1) is 6.59. The van der Waals surface area contributed by atoms with Crippen molar-refractivity contribution in [1.82, 2.24) is 4.90 Å². The number of nitrogens with zero attached hydrogens (tertiary/aromatic N) is 1. The second kappa shape index (κ2) is 4.61. The third-order valence-electron chi connectivity index (χ3n) is 1.94. The molecule has 0 aliphatic carbocycles. The first kappa shape index (κ1) is 10.5. The zero-order chi connectivity index (χ0) is 10.6. The van der Waals surface area contributed by atoms with E-state index in [4.69, 9.17) is 0 Å². The van der Waals surface area contributed by atoms with Crippen LogP contribution in [0.25, 0.3) is 6.08 Å². The van der Waals surface area contributed by atoms with Crippen molar-refractivity contribution < 1.29 is 4.79 Å². The summed E-state index contributed by atoms with van der Waals surface area (Å²) in [7, 11) is 3.48. The topological polar surface area (TPSA) is 20.3 Å². The van der Waals surface area contributed by atoms with Crippen molar-refractivity contribution in [2.45, 2.75) is 6.92 Å². The lowest BCUT2D eigenvalue weighted by Crippen LogP contribution is -2.18. The van der Waals surface area contributed by atoms with Gasteiger partial charge in [-0.25, -0.2) is 0 Å². The van der Waals surface area contributed by atoms with E-state index in [1.165, 1.54) is 5.56 Å². The minimum absolute atomic E-state index is 0.00516. The van der Waals surface area contributed by atoms with Crippen LogP contribution in [0.1, 0.15) is 11.1 Å². The summed E-state index contributed by atoms with van der Waals surface area (Å²) in [5.74, 6) is 0.00516. The van der Waals surface area contributed by atoms with E-state index in [0.717, 1.165) is 5.56 Å². The Bertz CT molecular complexity index is 336. The summed E-state index contributed by atoms with van der Waals surface area (Å²) in [6.45, 7) is 2.04. The van der Waals surface area contributed by atoms with Gasteiger partial charge in [-0.2, -0.15) is 0 Å². The normalized spacial score (nSPS) is 10.5. The molecule has 0 aliphatic heterocycles. The van der Waals surface area contributed by atoms with E-state index in [2.05, 4.69) is 0 Å². The van der Waals surface area contributed by atoms with E-state index in [0.29, 0.717) is 0 Å².